The molecule has 0 bridgehead atoms. The van der Waals surface area contributed by atoms with Crippen molar-refractivity contribution in [3.8, 4) is 0 Å². The maximum absolute atomic E-state index is 2.64. The zero-order valence-corrected chi connectivity index (χ0v) is 12.6. The standard InChI is InChI=1S/C17H34N/c1-2-3-4-5-6-7-8-9-10-12-15-18-16-13-11-14-17-18/h11H,2-10,12-17H2,1H3. The fraction of sp³-hybridized carbons (Fsp3) is 0.941. The Morgan fingerprint density at radius 1 is 0.722 bits per heavy atom. The lowest BCUT2D eigenvalue weighted by atomic mass is 10.1. The number of rotatable bonds is 11. The van der Waals surface area contributed by atoms with Gasteiger partial charge >= 0.3 is 0 Å². The van der Waals surface area contributed by atoms with Gasteiger partial charge in [0, 0.05) is 0 Å². The maximum atomic E-state index is 2.64. The highest BCUT2D eigenvalue weighted by Crippen LogP contribution is 2.12. The number of unbranched alkanes of at least 4 members (excludes halogenated alkanes) is 9. The second-order valence-electron chi connectivity index (χ2n) is 5.89. The third-order valence-electron chi connectivity index (χ3n) is 4.13. The molecule has 0 aromatic heterocycles. The summed E-state index contributed by atoms with van der Waals surface area (Å²) >= 11 is 0. The molecule has 1 heterocycles. The lowest BCUT2D eigenvalue weighted by molar-refractivity contribution is 0.248. The van der Waals surface area contributed by atoms with E-state index < -0.39 is 0 Å². The molecule has 1 saturated heterocycles. The molecular formula is C17H34N. The second kappa shape index (κ2) is 12.0. The highest BCUT2D eigenvalue weighted by molar-refractivity contribution is 4.76. The third-order valence-corrected chi connectivity index (χ3v) is 4.13. The van der Waals surface area contributed by atoms with Gasteiger partial charge in [-0.3, -0.25) is 0 Å². The molecule has 1 radical (unpaired) electrons. The van der Waals surface area contributed by atoms with Gasteiger partial charge in [0.25, 0.3) is 0 Å². The Balaban J connectivity index is 1.73. The van der Waals surface area contributed by atoms with E-state index >= 15 is 0 Å². The van der Waals surface area contributed by atoms with Crippen LogP contribution in [-0.2, 0) is 0 Å². The van der Waals surface area contributed by atoms with Crippen LogP contribution in [0.4, 0.5) is 0 Å². The SMILES string of the molecule is CCCCCCCCCCCCN1CC[CH]CC1. The van der Waals surface area contributed by atoms with E-state index in [1.54, 1.807) is 0 Å². The average molecular weight is 252 g/mol. The fourth-order valence-electron chi connectivity index (χ4n) is 2.85. The molecule has 0 spiro atoms. The molecule has 107 valence electrons. The third kappa shape index (κ3) is 8.97. The summed E-state index contributed by atoms with van der Waals surface area (Å²) in [6.07, 6.45) is 19.6. The van der Waals surface area contributed by atoms with Crippen LogP contribution in [0.5, 0.6) is 0 Å². The van der Waals surface area contributed by atoms with Gasteiger partial charge in [0.2, 0.25) is 0 Å². The van der Waals surface area contributed by atoms with Crippen molar-refractivity contribution in [3.63, 3.8) is 0 Å². The molecule has 0 amide bonds. The zero-order chi connectivity index (χ0) is 12.9. The van der Waals surface area contributed by atoms with Gasteiger partial charge in [-0.15, -0.1) is 0 Å². The van der Waals surface area contributed by atoms with E-state index in [2.05, 4.69) is 18.2 Å². The summed E-state index contributed by atoms with van der Waals surface area (Å²) in [6, 6.07) is 0. The van der Waals surface area contributed by atoms with Crippen LogP contribution in [0.15, 0.2) is 0 Å². The quantitative estimate of drug-likeness (QED) is 0.456. The smallest absolute Gasteiger partial charge is 0.00160 e. The summed E-state index contributed by atoms with van der Waals surface area (Å²) in [5.41, 5.74) is 0. The topological polar surface area (TPSA) is 3.24 Å². The minimum Gasteiger partial charge on any atom is -0.303 e. The van der Waals surface area contributed by atoms with Gasteiger partial charge in [-0.2, -0.15) is 0 Å². The van der Waals surface area contributed by atoms with Gasteiger partial charge in [0.05, 0.1) is 0 Å². The van der Waals surface area contributed by atoms with Gasteiger partial charge in [-0.05, 0) is 45.3 Å². The first-order chi connectivity index (χ1) is 8.93. The molecule has 0 unspecified atom stereocenters. The van der Waals surface area contributed by atoms with Crippen LogP contribution >= 0.6 is 0 Å². The first kappa shape index (κ1) is 16.0. The van der Waals surface area contributed by atoms with E-state index in [4.69, 9.17) is 0 Å². The first-order valence-electron chi connectivity index (χ1n) is 8.47. The summed E-state index contributed by atoms with van der Waals surface area (Å²) in [4.78, 5) is 2.64. The maximum Gasteiger partial charge on any atom is -0.00160 e. The molecule has 0 atom stereocenters. The summed E-state index contributed by atoms with van der Waals surface area (Å²) in [6.45, 7) is 6.28. The molecule has 0 aromatic carbocycles. The second-order valence-corrected chi connectivity index (χ2v) is 5.89. The predicted octanol–water partition coefficient (Wildman–Crippen LogP) is 5.21. The van der Waals surface area contributed by atoms with Gasteiger partial charge in [-0.1, -0.05) is 64.7 Å². The van der Waals surface area contributed by atoms with Gasteiger partial charge in [-0.25, -0.2) is 0 Å². The van der Waals surface area contributed by atoms with Crippen molar-refractivity contribution in [2.45, 2.75) is 84.0 Å². The number of likely N-dealkylation sites (tertiary alicyclic amines) is 1. The summed E-state index contributed by atoms with van der Waals surface area (Å²) in [5.74, 6) is 0. The molecule has 1 nitrogen and oxygen atoms in total. The van der Waals surface area contributed by atoms with Crippen molar-refractivity contribution in [1.29, 1.82) is 0 Å². The Morgan fingerprint density at radius 2 is 1.22 bits per heavy atom. The Kier molecular flexibility index (Phi) is 10.7. The molecule has 0 aliphatic carbocycles. The molecular weight excluding hydrogens is 218 g/mol. The van der Waals surface area contributed by atoms with Crippen molar-refractivity contribution in [2.24, 2.45) is 0 Å². The average Bonchev–Trinajstić information content (AvgIpc) is 2.42. The minimum atomic E-state index is 1.32. The fourth-order valence-corrected chi connectivity index (χ4v) is 2.85. The van der Waals surface area contributed by atoms with Crippen LogP contribution in [0.3, 0.4) is 0 Å². The Hall–Kier alpha value is -0.0400. The van der Waals surface area contributed by atoms with Crippen LogP contribution in [-0.4, -0.2) is 24.5 Å². The molecule has 18 heavy (non-hydrogen) atoms. The minimum absolute atomic E-state index is 1.32. The van der Waals surface area contributed by atoms with E-state index in [0.717, 1.165) is 0 Å². The van der Waals surface area contributed by atoms with E-state index in [0.29, 0.717) is 0 Å². The van der Waals surface area contributed by atoms with Gasteiger partial charge in [0.15, 0.2) is 0 Å². The number of nitrogens with zero attached hydrogens (tertiary/aromatic N) is 1. The molecule has 1 rings (SSSR count). The summed E-state index contributed by atoms with van der Waals surface area (Å²) in [5, 5.41) is 0. The number of piperidine rings is 1. The van der Waals surface area contributed by atoms with Gasteiger partial charge < -0.3 is 4.90 Å². The molecule has 0 aromatic rings. The molecule has 0 N–H and O–H groups in total. The van der Waals surface area contributed by atoms with Crippen molar-refractivity contribution in [3.05, 3.63) is 6.42 Å². The molecule has 1 fully saturated rings. The van der Waals surface area contributed by atoms with E-state index in [1.165, 1.54) is 96.7 Å². The van der Waals surface area contributed by atoms with E-state index in [9.17, 15) is 0 Å². The van der Waals surface area contributed by atoms with E-state index in [-0.39, 0.29) is 0 Å². The zero-order valence-electron chi connectivity index (χ0n) is 12.6. The Bertz CT molecular complexity index is 161. The molecule has 0 saturated carbocycles. The highest BCUT2D eigenvalue weighted by atomic mass is 15.1. The molecule has 1 heteroatoms. The monoisotopic (exact) mass is 252 g/mol. The molecule has 1 aliphatic heterocycles. The lowest BCUT2D eigenvalue weighted by Crippen LogP contribution is -2.30. The summed E-state index contributed by atoms with van der Waals surface area (Å²) in [7, 11) is 0. The Morgan fingerprint density at radius 3 is 1.78 bits per heavy atom. The highest BCUT2D eigenvalue weighted by Gasteiger charge is 2.08. The van der Waals surface area contributed by atoms with Crippen LogP contribution in [0.1, 0.15) is 84.0 Å². The van der Waals surface area contributed by atoms with E-state index in [1.807, 2.05) is 0 Å². The Labute approximate surface area is 115 Å². The van der Waals surface area contributed by atoms with Crippen molar-refractivity contribution >= 4 is 0 Å². The molecule has 1 aliphatic rings. The van der Waals surface area contributed by atoms with Crippen LogP contribution in [0.25, 0.3) is 0 Å². The van der Waals surface area contributed by atoms with Crippen molar-refractivity contribution < 1.29 is 0 Å². The summed E-state index contributed by atoms with van der Waals surface area (Å²) < 4.78 is 0. The largest absolute Gasteiger partial charge is 0.303 e. The van der Waals surface area contributed by atoms with Crippen LogP contribution in [0, 0.1) is 6.42 Å². The number of hydrogen-bond donors (Lipinski definition) is 0. The van der Waals surface area contributed by atoms with Crippen LogP contribution in [0.2, 0.25) is 0 Å². The van der Waals surface area contributed by atoms with Crippen LogP contribution < -0.4 is 0 Å². The normalized spacial score (nSPS) is 17.2. The first-order valence-corrected chi connectivity index (χ1v) is 8.47. The lowest BCUT2D eigenvalue weighted by Gasteiger charge is -2.26. The van der Waals surface area contributed by atoms with Crippen molar-refractivity contribution in [2.75, 3.05) is 19.6 Å². The number of hydrogen-bond acceptors (Lipinski definition) is 1. The predicted molar refractivity (Wildman–Crippen MR) is 81.8 cm³/mol. The van der Waals surface area contributed by atoms with Crippen molar-refractivity contribution in [1.82, 2.24) is 4.90 Å². The van der Waals surface area contributed by atoms with Gasteiger partial charge in [0.1, 0.15) is 0 Å².